The number of allylic oxidation sites excluding steroid dienone is 4. The molecule has 0 aliphatic rings. The van der Waals surface area contributed by atoms with Gasteiger partial charge in [-0.25, -0.2) is 0 Å². The van der Waals surface area contributed by atoms with Crippen molar-refractivity contribution in [3.8, 4) is 0 Å². The molecule has 3 atom stereocenters. The number of quaternary nitrogens is 1. The summed E-state index contributed by atoms with van der Waals surface area (Å²) < 4.78 is 23.3. The highest BCUT2D eigenvalue weighted by Gasteiger charge is 2.24. The van der Waals surface area contributed by atoms with Crippen LogP contribution in [0, 0.1) is 0 Å². The molecule has 9 heteroatoms. The molecule has 0 aromatic rings. The molecule has 0 bridgehead atoms. The minimum absolute atomic E-state index is 0.00997. The quantitative estimate of drug-likeness (QED) is 0.0274. The minimum Gasteiger partial charge on any atom is -0.756 e. The molecule has 0 heterocycles. The van der Waals surface area contributed by atoms with E-state index >= 15 is 0 Å². The highest BCUT2D eigenvalue weighted by Crippen LogP contribution is 2.38. The number of hydrogen-bond donors (Lipinski definition) is 2. The van der Waals surface area contributed by atoms with E-state index in [9.17, 15) is 19.4 Å². The van der Waals surface area contributed by atoms with Crippen LogP contribution in [0.5, 0.6) is 0 Å². The van der Waals surface area contributed by atoms with Crippen molar-refractivity contribution < 1.29 is 32.9 Å². The van der Waals surface area contributed by atoms with Gasteiger partial charge >= 0.3 is 0 Å². The number of aliphatic hydroxyl groups excluding tert-OH is 1. The van der Waals surface area contributed by atoms with E-state index in [1.807, 2.05) is 21.1 Å². The summed E-state index contributed by atoms with van der Waals surface area (Å²) in [5.74, 6) is -0.178. The maximum Gasteiger partial charge on any atom is 0.268 e. The number of nitrogens with one attached hydrogen (secondary N) is 1. The van der Waals surface area contributed by atoms with Crippen LogP contribution in [-0.4, -0.2) is 68.5 Å². The Kier molecular flexibility index (Phi) is 39.7. The number of rotatable bonds is 44. The SMILES string of the molecule is CCCC/C=C\C/C=C\CCCCCCCC(=O)NC(COP(=O)([O-])OCC[N+](C)(C)C)C(O)CCCCCCCCCCCCCCCCCCCCCCC. The molecule has 0 saturated heterocycles. The van der Waals surface area contributed by atoms with E-state index in [1.165, 1.54) is 135 Å². The lowest BCUT2D eigenvalue weighted by Crippen LogP contribution is -2.46. The minimum atomic E-state index is -4.57. The van der Waals surface area contributed by atoms with Crippen molar-refractivity contribution in [2.75, 3.05) is 40.9 Å². The predicted molar refractivity (Wildman–Crippen MR) is 242 cm³/mol. The molecule has 0 aliphatic heterocycles. The van der Waals surface area contributed by atoms with Crippen LogP contribution in [0.15, 0.2) is 24.3 Å². The maximum atomic E-state index is 12.9. The van der Waals surface area contributed by atoms with Gasteiger partial charge in [0.05, 0.1) is 39.9 Å². The van der Waals surface area contributed by atoms with Gasteiger partial charge in [-0.05, 0) is 38.5 Å². The zero-order chi connectivity index (χ0) is 42.1. The fraction of sp³-hybridized carbons (Fsp3) is 0.896. The van der Waals surface area contributed by atoms with Crippen molar-refractivity contribution in [3.63, 3.8) is 0 Å². The molecule has 0 aliphatic carbocycles. The van der Waals surface area contributed by atoms with Crippen LogP contribution >= 0.6 is 7.82 Å². The zero-order valence-corrected chi connectivity index (χ0v) is 39.2. The summed E-state index contributed by atoms with van der Waals surface area (Å²) in [6, 6.07) is -0.805. The Hall–Kier alpha value is -1.02. The lowest BCUT2D eigenvalue weighted by atomic mass is 10.0. The van der Waals surface area contributed by atoms with Gasteiger partial charge in [0.15, 0.2) is 0 Å². The van der Waals surface area contributed by atoms with E-state index in [4.69, 9.17) is 9.05 Å². The number of aliphatic hydroxyl groups is 1. The normalized spacial score (nSPS) is 14.4. The van der Waals surface area contributed by atoms with Crippen molar-refractivity contribution >= 4 is 13.7 Å². The number of carbonyl (C=O) groups excluding carboxylic acids is 1. The van der Waals surface area contributed by atoms with E-state index in [2.05, 4.69) is 43.5 Å². The largest absolute Gasteiger partial charge is 0.756 e. The van der Waals surface area contributed by atoms with Gasteiger partial charge in [0, 0.05) is 6.42 Å². The summed E-state index contributed by atoms with van der Waals surface area (Å²) in [4.78, 5) is 25.4. The van der Waals surface area contributed by atoms with Crippen LogP contribution < -0.4 is 10.2 Å². The standard InChI is InChI=1S/C48H95N2O6P/c1-6-8-10-12-14-16-18-20-22-23-24-25-26-27-28-29-31-33-35-37-39-41-47(51)46(45-56-57(53,54)55-44-43-50(3,4)5)49-48(52)42-40-38-36-34-32-30-21-19-17-15-13-11-9-7-2/h13,15,19,21,46-47,51H,6-12,14,16-18,20,22-45H2,1-5H3,(H-,49,52,53,54)/b15-13-,21-19-. The predicted octanol–water partition coefficient (Wildman–Crippen LogP) is 13.1. The van der Waals surface area contributed by atoms with Crippen molar-refractivity contribution in [2.45, 2.75) is 238 Å². The molecular weight excluding hydrogens is 732 g/mol. The molecular formula is C48H95N2O6P. The highest BCUT2D eigenvalue weighted by molar-refractivity contribution is 7.45. The van der Waals surface area contributed by atoms with E-state index in [0.717, 1.165) is 64.2 Å². The molecule has 0 saturated carbocycles. The number of hydrogen-bond acceptors (Lipinski definition) is 6. The Morgan fingerprint density at radius 1 is 0.614 bits per heavy atom. The van der Waals surface area contributed by atoms with Crippen molar-refractivity contribution in [1.29, 1.82) is 0 Å². The zero-order valence-electron chi connectivity index (χ0n) is 38.3. The van der Waals surface area contributed by atoms with Crippen LogP contribution in [0.3, 0.4) is 0 Å². The van der Waals surface area contributed by atoms with Crippen LogP contribution in [0.2, 0.25) is 0 Å². The molecule has 0 spiro atoms. The molecule has 338 valence electrons. The number of amides is 1. The summed E-state index contributed by atoms with van der Waals surface area (Å²) in [5.41, 5.74) is 0. The second-order valence-corrected chi connectivity index (χ2v) is 19.2. The Bertz CT molecular complexity index is 984. The summed E-state index contributed by atoms with van der Waals surface area (Å²) in [5, 5.41) is 13.9. The van der Waals surface area contributed by atoms with E-state index < -0.39 is 20.0 Å². The van der Waals surface area contributed by atoms with Crippen LogP contribution in [-0.2, 0) is 18.4 Å². The first-order valence-corrected chi connectivity index (χ1v) is 25.6. The fourth-order valence-electron chi connectivity index (χ4n) is 7.06. The van der Waals surface area contributed by atoms with Gasteiger partial charge in [0.2, 0.25) is 5.91 Å². The second-order valence-electron chi connectivity index (χ2n) is 17.8. The van der Waals surface area contributed by atoms with Crippen LogP contribution in [0.1, 0.15) is 226 Å². The smallest absolute Gasteiger partial charge is 0.268 e. The topological polar surface area (TPSA) is 108 Å². The Morgan fingerprint density at radius 3 is 1.51 bits per heavy atom. The van der Waals surface area contributed by atoms with Gasteiger partial charge in [-0.3, -0.25) is 9.36 Å². The average molecular weight is 827 g/mol. The first-order valence-electron chi connectivity index (χ1n) is 24.2. The Labute approximate surface area is 354 Å². The number of unbranched alkanes of at least 4 members (excludes halogenated alkanes) is 27. The summed E-state index contributed by atoms with van der Waals surface area (Å²) in [6.07, 6.45) is 47.6. The van der Waals surface area contributed by atoms with Gasteiger partial charge in [-0.15, -0.1) is 0 Å². The van der Waals surface area contributed by atoms with Crippen LogP contribution in [0.4, 0.5) is 0 Å². The third-order valence-corrected chi connectivity index (χ3v) is 11.9. The Balaban J connectivity index is 4.27. The van der Waals surface area contributed by atoms with Crippen molar-refractivity contribution in [1.82, 2.24) is 5.32 Å². The fourth-order valence-corrected chi connectivity index (χ4v) is 7.78. The molecule has 3 unspecified atom stereocenters. The third-order valence-electron chi connectivity index (χ3n) is 10.9. The number of phosphoric ester groups is 1. The van der Waals surface area contributed by atoms with Crippen molar-refractivity contribution in [3.05, 3.63) is 24.3 Å². The van der Waals surface area contributed by atoms with Gasteiger partial charge in [-0.2, -0.15) is 0 Å². The molecule has 0 fully saturated rings. The first-order chi connectivity index (χ1) is 27.5. The molecule has 0 aromatic carbocycles. The van der Waals surface area contributed by atoms with Crippen molar-refractivity contribution in [2.24, 2.45) is 0 Å². The molecule has 2 N–H and O–H groups in total. The average Bonchev–Trinajstić information content (AvgIpc) is 3.16. The van der Waals surface area contributed by atoms with E-state index in [1.54, 1.807) is 0 Å². The van der Waals surface area contributed by atoms with Gasteiger partial charge in [0.1, 0.15) is 13.2 Å². The monoisotopic (exact) mass is 827 g/mol. The molecule has 1 amide bonds. The summed E-state index contributed by atoms with van der Waals surface area (Å²) in [7, 11) is 1.30. The molecule has 0 aromatic heterocycles. The Morgan fingerprint density at radius 2 is 1.04 bits per heavy atom. The molecule has 57 heavy (non-hydrogen) atoms. The number of phosphoric acid groups is 1. The molecule has 8 nitrogen and oxygen atoms in total. The van der Waals surface area contributed by atoms with Gasteiger partial charge in [0.25, 0.3) is 7.82 Å². The third kappa shape index (κ3) is 42.9. The lowest BCUT2D eigenvalue weighted by molar-refractivity contribution is -0.870. The van der Waals surface area contributed by atoms with Gasteiger partial charge in [-0.1, -0.05) is 205 Å². The molecule has 0 rings (SSSR count). The summed E-state index contributed by atoms with van der Waals surface area (Å²) >= 11 is 0. The lowest BCUT2D eigenvalue weighted by Gasteiger charge is -2.30. The summed E-state index contributed by atoms with van der Waals surface area (Å²) in [6.45, 7) is 4.68. The van der Waals surface area contributed by atoms with E-state index in [-0.39, 0.29) is 19.1 Å². The molecule has 0 radical (unpaired) electrons. The number of nitrogens with zero attached hydrogens (tertiary/aromatic N) is 1. The highest BCUT2D eigenvalue weighted by atomic mass is 31.2. The van der Waals surface area contributed by atoms with Crippen LogP contribution in [0.25, 0.3) is 0 Å². The maximum absolute atomic E-state index is 12.9. The second kappa shape index (κ2) is 40.4. The first kappa shape index (κ1) is 56.0. The van der Waals surface area contributed by atoms with E-state index in [0.29, 0.717) is 23.9 Å². The number of carbonyl (C=O) groups is 1. The van der Waals surface area contributed by atoms with Gasteiger partial charge < -0.3 is 28.8 Å². The number of likely N-dealkylation sites (N-methyl/N-ethyl adjacent to an activating group) is 1.